The van der Waals surface area contributed by atoms with Crippen LogP contribution in [0.4, 0.5) is 27.6 Å². The molecular weight excluding hydrogens is 315 g/mol. The van der Waals surface area contributed by atoms with E-state index in [2.05, 4.69) is 9.99 Å². The lowest BCUT2D eigenvalue weighted by Gasteiger charge is -2.23. The molecule has 5 nitrogen and oxygen atoms in total. The number of rotatable bonds is 2. The fourth-order valence-corrected chi connectivity index (χ4v) is 1.84. The second-order valence-corrected chi connectivity index (χ2v) is 4.16. The summed E-state index contributed by atoms with van der Waals surface area (Å²) in [5.41, 5.74) is -1.04. The number of oxime groups is 1. The third-order valence-electron chi connectivity index (χ3n) is 2.82. The van der Waals surface area contributed by atoms with Gasteiger partial charge in [-0.1, -0.05) is 23.4 Å². The number of alkyl halides is 5. The highest BCUT2D eigenvalue weighted by Crippen LogP contribution is 2.40. The van der Waals surface area contributed by atoms with Crippen molar-refractivity contribution in [1.29, 1.82) is 0 Å². The fraction of sp³-hybridized carbons (Fsp3) is 0.250. The lowest BCUT2D eigenvalue weighted by atomic mass is 10.1. The minimum absolute atomic E-state index is 0.0827. The number of carbonyl (C=O) groups is 2. The predicted molar refractivity (Wildman–Crippen MR) is 63.5 cm³/mol. The van der Waals surface area contributed by atoms with Crippen LogP contribution in [0, 0.1) is 0 Å². The number of halogens is 5. The number of anilines is 1. The third-order valence-corrected chi connectivity index (χ3v) is 2.82. The molecule has 0 saturated heterocycles. The van der Waals surface area contributed by atoms with Crippen molar-refractivity contribution < 1.29 is 36.4 Å². The second kappa shape index (κ2) is 5.04. The van der Waals surface area contributed by atoms with Crippen LogP contribution < -0.4 is 4.90 Å². The average Bonchev–Trinajstić information content (AvgIpc) is 2.70. The maximum absolute atomic E-state index is 13.2. The maximum Gasteiger partial charge on any atom is 0.463 e. The summed E-state index contributed by atoms with van der Waals surface area (Å²) < 4.78 is 63.4. The summed E-state index contributed by atoms with van der Waals surface area (Å²) in [4.78, 5) is 27.6. The molecule has 0 spiro atoms. The molecule has 118 valence electrons. The molecule has 1 aliphatic heterocycles. The molecule has 2 rings (SSSR count). The third kappa shape index (κ3) is 2.20. The SMILES string of the molecule is CO/N=C1/C(=O)N(C(=O)C(F)(F)C(F)(F)F)c2ccccc21. The molecule has 10 heteroatoms. The van der Waals surface area contributed by atoms with E-state index < -0.39 is 35.3 Å². The average molecular weight is 322 g/mol. The molecule has 2 amide bonds. The maximum atomic E-state index is 13.2. The predicted octanol–water partition coefficient (Wildman–Crippen LogP) is 2.11. The van der Waals surface area contributed by atoms with Crippen molar-refractivity contribution in [2.24, 2.45) is 5.16 Å². The number of hydrogen-bond donors (Lipinski definition) is 0. The molecule has 1 aromatic carbocycles. The highest BCUT2D eigenvalue weighted by Gasteiger charge is 2.66. The lowest BCUT2D eigenvalue weighted by molar-refractivity contribution is -0.268. The zero-order valence-electron chi connectivity index (χ0n) is 10.8. The molecule has 0 bridgehead atoms. The van der Waals surface area contributed by atoms with Crippen LogP contribution >= 0.6 is 0 Å². The molecule has 0 radical (unpaired) electrons. The zero-order valence-corrected chi connectivity index (χ0v) is 10.8. The number of imide groups is 1. The van der Waals surface area contributed by atoms with E-state index in [-0.39, 0.29) is 10.5 Å². The normalized spacial score (nSPS) is 16.9. The summed E-state index contributed by atoms with van der Waals surface area (Å²) in [6.07, 6.45) is -6.12. The molecule has 0 aliphatic carbocycles. The van der Waals surface area contributed by atoms with Gasteiger partial charge >= 0.3 is 18.0 Å². The molecule has 0 saturated carbocycles. The van der Waals surface area contributed by atoms with E-state index in [1.54, 1.807) is 0 Å². The first-order chi connectivity index (χ1) is 10.1. The van der Waals surface area contributed by atoms with Gasteiger partial charge in [-0.2, -0.15) is 22.0 Å². The molecule has 1 aromatic rings. The minimum Gasteiger partial charge on any atom is -0.398 e. The quantitative estimate of drug-likeness (QED) is 0.619. The number of fused-ring (bicyclic) bond motifs is 1. The number of nitrogens with zero attached hydrogens (tertiary/aromatic N) is 2. The molecule has 1 heterocycles. The molecule has 0 aromatic heterocycles. The van der Waals surface area contributed by atoms with Gasteiger partial charge in [-0.15, -0.1) is 0 Å². The van der Waals surface area contributed by atoms with Gasteiger partial charge in [0.15, 0.2) is 5.71 Å². The lowest BCUT2D eigenvalue weighted by Crippen LogP contribution is -2.53. The molecule has 0 atom stereocenters. The van der Waals surface area contributed by atoms with Crippen molar-refractivity contribution in [3.8, 4) is 0 Å². The Morgan fingerprint density at radius 1 is 1.18 bits per heavy atom. The van der Waals surface area contributed by atoms with Crippen molar-refractivity contribution in [2.45, 2.75) is 12.1 Å². The van der Waals surface area contributed by atoms with Crippen LogP contribution in [0.1, 0.15) is 5.56 Å². The van der Waals surface area contributed by atoms with Gasteiger partial charge in [0.2, 0.25) is 0 Å². The highest BCUT2D eigenvalue weighted by molar-refractivity contribution is 6.58. The van der Waals surface area contributed by atoms with Gasteiger partial charge in [0.1, 0.15) is 7.11 Å². The van der Waals surface area contributed by atoms with Crippen molar-refractivity contribution in [2.75, 3.05) is 12.0 Å². The smallest absolute Gasteiger partial charge is 0.398 e. The summed E-state index contributed by atoms with van der Waals surface area (Å²) in [5, 5.41) is 3.27. The van der Waals surface area contributed by atoms with Crippen LogP contribution in [0.25, 0.3) is 0 Å². The second-order valence-electron chi connectivity index (χ2n) is 4.16. The van der Waals surface area contributed by atoms with Crippen LogP contribution in [0.3, 0.4) is 0 Å². The Morgan fingerprint density at radius 3 is 2.32 bits per heavy atom. The van der Waals surface area contributed by atoms with E-state index in [0.29, 0.717) is 0 Å². The van der Waals surface area contributed by atoms with Gasteiger partial charge in [0.05, 0.1) is 5.69 Å². The Kier molecular flexibility index (Phi) is 3.63. The van der Waals surface area contributed by atoms with Crippen molar-refractivity contribution in [1.82, 2.24) is 0 Å². The van der Waals surface area contributed by atoms with E-state index in [4.69, 9.17) is 0 Å². The standard InChI is InChI=1S/C12H7F5N2O3/c1-22-18-8-6-4-2-3-5-7(6)19(9(8)20)10(21)11(13,14)12(15,16)17/h2-5H,1H3/b18-8+. The van der Waals surface area contributed by atoms with Gasteiger partial charge in [0.25, 0.3) is 5.91 Å². The Labute approximate surface area is 119 Å². The van der Waals surface area contributed by atoms with E-state index in [0.717, 1.165) is 13.2 Å². The van der Waals surface area contributed by atoms with E-state index in [1.165, 1.54) is 18.2 Å². The zero-order chi connectivity index (χ0) is 16.7. The Balaban J connectivity index is 2.56. The Bertz CT molecular complexity index is 669. The Hall–Kier alpha value is -2.52. The first-order valence-corrected chi connectivity index (χ1v) is 5.67. The van der Waals surface area contributed by atoms with Gasteiger partial charge < -0.3 is 4.84 Å². The van der Waals surface area contributed by atoms with E-state index >= 15 is 0 Å². The van der Waals surface area contributed by atoms with Crippen LogP contribution in [0.15, 0.2) is 29.4 Å². The molecule has 22 heavy (non-hydrogen) atoms. The fourth-order valence-electron chi connectivity index (χ4n) is 1.84. The van der Waals surface area contributed by atoms with Crippen molar-refractivity contribution >= 4 is 23.2 Å². The number of benzene rings is 1. The highest BCUT2D eigenvalue weighted by atomic mass is 19.4. The van der Waals surface area contributed by atoms with Gasteiger partial charge in [0, 0.05) is 5.56 Å². The summed E-state index contributed by atoms with van der Waals surface area (Å²) in [7, 11) is 1.05. The molecule has 0 fully saturated rings. The Morgan fingerprint density at radius 2 is 1.77 bits per heavy atom. The molecule has 0 N–H and O–H groups in total. The summed E-state index contributed by atoms with van der Waals surface area (Å²) in [6, 6.07) is 4.96. The van der Waals surface area contributed by atoms with E-state index in [9.17, 15) is 31.5 Å². The van der Waals surface area contributed by atoms with Crippen molar-refractivity contribution in [3.05, 3.63) is 29.8 Å². The first-order valence-electron chi connectivity index (χ1n) is 5.67. The summed E-state index contributed by atoms with van der Waals surface area (Å²) in [6.45, 7) is 0. The van der Waals surface area contributed by atoms with Crippen LogP contribution in [-0.2, 0) is 14.4 Å². The van der Waals surface area contributed by atoms with Crippen molar-refractivity contribution in [3.63, 3.8) is 0 Å². The van der Waals surface area contributed by atoms with E-state index in [1.807, 2.05) is 0 Å². The van der Waals surface area contributed by atoms with Gasteiger partial charge in [-0.3, -0.25) is 9.59 Å². The number of hydrogen-bond acceptors (Lipinski definition) is 4. The first kappa shape index (κ1) is 15.9. The summed E-state index contributed by atoms with van der Waals surface area (Å²) >= 11 is 0. The molecule has 0 unspecified atom stereocenters. The molecular formula is C12H7F5N2O3. The number of carbonyl (C=O) groups excluding carboxylic acids is 2. The monoisotopic (exact) mass is 322 g/mol. The minimum atomic E-state index is -6.12. The van der Waals surface area contributed by atoms with Crippen LogP contribution in [-0.4, -0.2) is 36.7 Å². The topological polar surface area (TPSA) is 59.0 Å². The number of amides is 2. The van der Waals surface area contributed by atoms with Crippen LogP contribution in [0.2, 0.25) is 0 Å². The van der Waals surface area contributed by atoms with Gasteiger partial charge in [-0.05, 0) is 6.07 Å². The summed E-state index contributed by atoms with van der Waals surface area (Å²) in [5.74, 6) is -9.83. The largest absolute Gasteiger partial charge is 0.463 e. The van der Waals surface area contributed by atoms with Crippen LogP contribution in [0.5, 0.6) is 0 Å². The number of para-hydroxylation sites is 1. The molecule has 1 aliphatic rings. The van der Waals surface area contributed by atoms with Gasteiger partial charge in [-0.25, -0.2) is 4.90 Å².